The summed E-state index contributed by atoms with van der Waals surface area (Å²) in [6, 6.07) is 11.6. The van der Waals surface area contributed by atoms with Crippen LogP contribution in [0, 0.1) is 6.92 Å². The van der Waals surface area contributed by atoms with Gasteiger partial charge in [0.2, 0.25) is 0 Å². The summed E-state index contributed by atoms with van der Waals surface area (Å²) in [5.41, 5.74) is 2.61. The molecule has 0 fully saturated rings. The van der Waals surface area contributed by atoms with Crippen LogP contribution in [0.25, 0.3) is 5.65 Å². The molecule has 1 aromatic carbocycles. The minimum Gasteiger partial charge on any atom is -0.507 e. The number of hydrogen-bond donors (Lipinski definition) is 2. The molecule has 102 valence electrons. The van der Waals surface area contributed by atoms with Crippen LogP contribution < -0.4 is 5.32 Å². The average molecular weight is 268 g/mol. The summed E-state index contributed by atoms with van der Waals surface area (Å²) in [5, 5.41) is 21.5. The first-order valence-electron chi connectivity index (χ1n) is 6.52. The monoisotopic (exact) mass is 268 g/mol. The number of rotatable bonds is 4. The van der Waals surface area contributed by atoms with Gasteiger partial charge in [-0.25, -0.2) is 0 Å². The summed E-state index contributed by atoms with van der Waals surface area (Å²) in [6.07, 6.45) is 1.94. The second kappa shape index (κ2) is 5.30. The normalized spacial score (nSPS) is 11.1. The van der Waals surface area contributed by atoms with E-state index in [1.165, 1.54) is 0 Å². The molecule has 0 unspecified atom stereocenters. The Morgan fingerprint density at radius 2 is 2.00 bits per heavy atom. The van der Waals surface area contributed by atoms with Crippen molar-refractivity contribution in [1.29, 1.82) is 0 Å². The van der Waals surface area contributed by atoms with Crippen LogP contribution in [0.4, 0.5) is 0 Å². The fourth-order valence-corrected chi connectivity index (χ4v) is 2.18. The van der Waals surface area contributed by atoms with E-state index in [4.69, 9.17) is 0 Å². The van der Waals surface area contributed by atoms with E-state index in [9.17, 15) is 5.11 Å². The third-order valence-electron chi connectivity index (χ3n) is 3.30. The average Bonchev–Trinajstić information content (AvgIpc) is 2.87. The maximum absolute atomic E-state index is 9.95. The summed E-state index contributed by atoms with van der Waals surface area (Å²) in [6.45, 7) is 3.08. The highest BCUT2D eigenvalue weighted by molar-refractivity contribution is 5.39. The van der Waals surface area contributed by atoms with E-state index in [-0.39, 0.29) is 0 Å². The van der Waals surface area contributed by atoms with E-state index in [0.29, 0.717) is 18.8 Å². The van der Waals surface area contributed by atoms with Crippen molar-refractivity contribution >= 4 is 5.65 Å². The molecule has 0 aliphatic carbocycles. The Balaban J connectivity index is 1.70. The summed E-state index contributed by atoms with van der Waals surface area (Å²) in [7, 11) is 0. The molecule has 0 saturated carbocycles. The van der Waals surface area contributed by atoms with Gasteiger partial charge in [0.05, 0.1) is 6.54 Å². The standard InChI is InChI=1S/C15H16N4O/c1-11-5-4-6-12(15(11)20)9-16-10-14-18-17-13-7-2-3-8-19(13)14/h2-8,16,20H,9-10H2,1H3. The lowest BCUT2D eigenvalue weighted by molar-refractivity contribution is 0.460. The number of nitrogens with zero attached hydrogens (tertiary/aromatic N) is 3. The molecule has 3 aromatic rings. The number of hydrogen-bond acceptors (Lipinski definition) is 4. The summed E-state index contributed by atoms with van der Waals surface area (Å²) in [4.78, 5) is 0. The van der Waals surface area contributed by atoms with E-state index in [0.717, 1.165) is 22.6 Å². The largest absolute Gasteiger partial charge is 0.507 e. The number of aromatic nitrogens is 3. The maximum Gasteiger partial charge on any atom is 0.160 e. The lowest BCUT2D eigenvalue weighted by Gasteiger charge is -2.08. The molecule has 0 spiro atoms. The third-order valence-corrected chi connectivity index (χ3v) is 3.30. The van der Waals surface area contributed by atoms with Crippen LogP contribution in [-0.4, -0.2) is 19.7 Å². The SMILES string of the molecule is Cc1cccc(CNCc2nnc3ccccn23)c1O. The second-order valence-electron chi connectivity index (χ2n) is 4.73. The van der Waals surface area contributed by atoms with Gasteiger partial charge in [-0.15, -0.1) is 10.2 Å². The fraction of sp³-hybridized carbons (Fsp3) is 0.200. The molecule has 0 saturated heterocycles. The lowest BCUT2D eigenvalue weighted by Crippen LogP contribution is -2.15. The zero-order valence-corrected chi connectivity index (χ0v) is 11.2. The molecule has 0 atom stereocenters. The Morgan fingerprint density at radius 3 is 2.90 bits per heavy atom. The van der Waals surface area contributed by atoms with Gasteiger partial charge in [-0.3, -0.25) is 4.40 Å². The predicted molar refractivity (Wildman–Crippen MR) is 76.4 cm³/mol. The van der Waals surface area contributed by atoms with Gasteiger partial charge in [-0.2, -0.15) is 0 Å². The number of phenols is 1. The van der Waals surface area contributed by atoms with Gasteiger partial charge in [0.15, 0.2) is 11.5 Å². The molecule has 0 bridgehead atoms. The Morgan fingerprint density at radius 1 is 1.10 bits per heavy atom. The van der Waals surface area contributed by atoms with Crippen molar-refractivity contribution in [3.63, 3.8) is 0 Å². The molecule has 20 heavy (non-hydrogen) atoms. The van der Waals surface area contributed by atoms with Gasteiger partial charge in [0.25, 0.3) is 0 Å². The van der Waals surface area contributed by atoms with Crippen molar-refractivity contribution in [2.45, 2.75) is 20.0 Å². The van der Waals surface area contributed by atoms with Crippen molar-refractivity contribution in [3.05, 3.63) is 59.5 Å². The first kappa shape index (κ1) is 12.6. The van der Waals surface area contributed by atoms with Gasteiger partial charge < -0.3 is 10.4 Å². The number of aryl methyl sites for hydroxylation is 1. The molecule has 5 nitrogen and oxygen atoms in total. The Hall–Kier alpha value is -2.40. The minimum atomic E-state index is 0.353. The number of pyridine rings is 1. The second-order valence-corrected chi connectivity index (χ2v) is 4.73. The van der Waals surface area contributed by atoms with Crippen molar-refractivity contribution < 1.29 is 5.11 Å². The van der Waals surface area contributed by atoms with Crippen LogP contribution in [0.15, 0.2) is 42.6 Å². The van der Waals surface area contributed by atoms with E-state index >= 15 is 0 Å². The maximum atomic E-state index is 9.95. The topological polar surface area (TPSA) is 62.5 Å². The molecule has 0 aliphatic rings. The Kier molecular flexibility index (Phi) is 3.35. The van der Waals surface area contributed by atoms with Gasteiger partial charge in [0.1, 0.15) is 5.75 Å². The number of aromatic hydroxyl groups is 1. The van der Waals surface area contributed by atoms with Crippen LogP contribution in [0.2, 0.25) is 0 Å². The highest BCUT2D eigenvalue weighted by Gasteiger charge is 2.06. The van der Waals surface area contributed by atoms with Crippen molar-refractivity contribution in [2.75, 3.05) is 0 Å². The third kappa shape index (κ3) is 2.35. The molecule has 0 radical (unpaired) electrons. The first-order chi connectivity index (χ1) is 9.75. The lowest BCUT2D eigenvalue weighted by atomic mass is 10.1. The van der Waals surface area contributed by atoms with Crippen LogP contribution in [0.3, 0.4) is 0 Å². The number of phenolic OH excluding ortho intramolecular Hbond substituents is 1. The van der Waals surface area contributed by atoms with Gasteiger partial charge >= 0.3 is 0 Å². The molecule has 5 heteroatoms. The van der Waals surface area contributed by atoms with Gasteiger partial charge in [-0.05, 0) is 24.6 Å². The molecule has 2 aromatic heterocycles. The molecule has 3 rings (SSSR count). The van der Waals surface area contributed by atoms with E-state index in [1.54, 1.807) is 0 Å². The van der Waals surface area contributed by atoms with Crippen LogP contribution in [-0.2, 0) is 13.1 Å². The summed E-state index contributed by atoms with van der Waals surface area (Å²) < 4.78 is 1.95. The number of para-hydroxylation sites is 1. The number of nitrogens with one attached hydrogen (secondary N) is 1. The van der Waals surface area contributed by atoms with E-state index in [2.05, 4.69) is 15.5 Å². The quantitative estimate of drug-likeness (QED) is 0.760. The van der Waals surface area contributed by atoms with Crippen LogP contribution in [0.5, 0.6) is 5.75 Å². The Labute approximate surface area is 116 Å². The minimum absolute atomic E-state index is 0.353. The summed E-state index contributed by atoms with van der Waals surface area (Å²) in [5.74, 6) is 1.21. The highest BCUT2D eigenvalue weighted by Crippen LogP contribution is 2.21. The smallest absolute Gasteiger partial charge is 0.160 e. The van der Waals surface area contributed by atoms with Crippen LogP contribution in [0.1, 0.15) is 17.0 Å². The number of fused-ring (bicyclic) bond motifs is 1. The van der Waals surface area contributed by atoms with E-state index in [1.807, 2.05) is 53.9 Å². The van der Waals surface area contributed by atoms with Gasteiger partial charge in [0, 0.05) is 18.3 Å². The van der Waals surface area contributed by atoms with Crippen molar-refractivity contribution in [2.24, 2.45) is 0 Å². The molecule has 2 heterocycles. The first-order valence-corrected chi connectivity index (χ1v) is 6.52. The van der Waals surface area contributed by atoms with Crippen molar-refractivity contribution in [1.82, 2.24) is 19.9 Å². The molecule has 2 N–H and O–H groups in total. The number of benzene rings is 1. The zero-order valence-electron chi connectivity index (χ0n) is 11.2. The predicted octanol–water partition coefficient (Wildman–Crippen LogP) is 2.03. The molecule has 0 aliphatic heterocycles. The van der Waals surface area contributed by atoms with Crippen LogP contribution >= 0.6 is 0 Å². The van der Waals surface area contributed by atoms with Crippen molar-refractivity contribution in [3.8, 4) is 5.75 Å². The zero-order chi connectivity index (χ0) is 13.9. The molecular formula is C15H16N4O. The fourth-order valence-electron chi connectivity index (χ4n) is 2.18. The Bertz CT molecular complexity index is 736. The molecule has 0 amide bonds. The van der Waals surface area contributed by atoms with E-state index < -0.39 is 0 Å². The van der Waals surface area contributed by atoms with Gasteiger partial charge in [-0.1, -0.05) is 24.3 Å². The summed E-state index contributed by atoms with van der Waals surface area (Å²) >= 11 is 0. The molecular weight excluding hydrogens is 252 g/mol. The highest BCUT2D eigenvalue weighted by atomic mass is 16.3.